The smallest absolute Gasteiger partial charge is 0.251 e. The maximum atomic E-state index is 11.9. The van der Waals surface area contributed by atoms with E-state index in [4.69, 9.17) is 5.11 Å². The van der Waals surface area contributed by atoms with Gasteiger partial charge in [0, 0.05) is 5.56 Å². The Balaban J connectivity index is 2.80. The molecule has 3 nitrogen and oxygen atoms in total. The average Bonchev–Trinajstić information content (AvgIpc) is 2.24. The summed E-state index contributed by atoms with van der Waals surface area (Å²) in [5, 5.41) is 11.8. The lowest BCUT2D eigenvalue weighted by Crippen LogP contribution is -2.36. The highest BCUT2D eigenvalue weighted by atomic mass is 16.3. The van der Waals surface area contributed by atoms with Crippen LogP contribution in [-0.4, -0.2) is 23.7 Å². The predicted octanol–water partition coefficient (Wildman–Crippen LogP) is 1.80. The van der Waals surface area contributed by atoms with Crippen LogP contribution in [0.5, 0.6) is 0 Å². The van der Waals surface area contributed by atoms with Crippen molar-refractivity contribution in [2.24, 2.45) is 0 Å². The standard InChI is InChI=1S/C13H19NO2/c1-4-12(8-15)14-13(16)11-6-9(2)5-10(3)7-11/h5-7,12,15H,4,8H2,1-3H3,(H,14,16)/t12-/m1/s1. The number of aliphatic hydroxyl groups is 1. The number of aryl methyl sites for hydroxylation is 2. The lowest BCUT2D eigenvalue weighted by atomic mass is 10.1. The van der Waals surface area contributed by atoms with E-state index in [1.165, 1.54) is 0 Å². The number of aliphatic hydroxyl groups excluding tert-OH is 1. The Hall–Kier alpha value is -1.35. The molecule has 1 rings (SSSR count). The number of hydrogen-bond acceptors (Lipinski definition) is 2. The van der Waals surface area contributed by atoms with Gasteiger partial charge in [-0.3, -0.25) is 4.79 Å². The zero-order valence-corrected chi connectivity index (χ0v) is 10.1. The van der Waals surface area contributed by atoms with Crippen molar-refractivity contribution in [3.8, 4) is 0 Å². The molecule has 1 aromatic rings. The molecule has 0 radical (unpaired) electrons. The van der Waals surface area contributed by atoms with Gasteiger partial charge in [-0.15, -0.1) is 0 Å². The maximum Gasteiger partial charge on any atom is 0.251 e. The van der Waals surface area contributed by atoms with Crippen molar-refractivity contribution < 1.29 is 9.90 Å². The van der Waals surface area contributed by atoms with E-state index in [9.17, 15) is 4.79 Å². The van der Waals surface area contributed by atoms with Crippen molar-refractivity contribution in [3.63, 3.8) is 0 Å². The van der Waals surface area contributed by atoms with E-state index >= 15 is 0 Å². The summed E-state index contributed by atoms with van der Waals surface area (Å²) in [4.78, 5) is 11.9. The molecule has 0 saturated heterocycles. The van der Waals surface area contributed by atoms with E-state index in [1.54, 1.807) is 0 Å². The van der Waals surface area contributed by atoms with Gasteiger partial charge in [0.1, 0.15) is 0 Å². The summed E-state index contributed by atoms with van der Waals surface area (Å²) in [5.74, 6) is -0.118. The topological polar surface area (TPSA) is 49.3 Å². The fraction of sp³-hybridized carbons (Fsp3) is 0.462. The first-order valence-corrected chi connectivity index (χ1v) is 5.56. The highest BCUT2D eigenvalue weighted by molar-refractivity contribution is 5.94. The summed E-state index contributed by atoms with van der Waals surface area (Å²) in [7, 11) is 0. The van der Waals surface area contributed by atoms with Gasteiger partial charge in [-0.2, -0.15) is 0 Å². The molecule has 0 aliphatic heterocycles. The second-order valence-corrected chi connectivity index (χ2v) is 4.14. The van der Waals surface area contributed by atoms with Gasteiger partial charge in [0.2, 0.25) is 0 Å². The number of rotatable bonds is 4. The third-order valence-electron chi connectivity index (χ3n) is 2.53. The van der Waals surface area contributed by atoms with E-state index in [2.05, 4.69) is 5.32 Å². The Morgan fingerprint density at radius 1 is 1.31 bits per heavy atom. The number of amides is 1. The molecule has 0 aliphatic rings. The van der Waals surface area contributed by atoms with Crippen LogP contribution in [0.3, 0.4) is 0 Å². The molecule has 0 saturated carbocycles. The summed E-state index contributed by atoms with van der Waals surface area (Å²) >= 11 is 0. The fourth-order valence-corrected chi connectivity index (χ4v) is 1.65. The molecule has 1 amide bonds. The van der Waals surface area contributed by atoms with Gasteiger partial charge < -0.3 is 10.4 Å². The van der Waals surface area contributed by atoms with Crippen LogP contribution in [0, 0.1) is 13.8 Å². The van der Waals surface area contributed by atoms with Crippen LogP contribution >= 0.6 is 0 Å². The third-order valence-corrected chi connectivity index (χ3v) is 2.53. The van der Waals surface area contributed by atoms with Crippen LogP contribution in [0.2, 0.25) is 0 Å². The molecule has 0 unspecified atom stereocenters. The first kappa shape index (κ1) is 12.7. The summed E-state index contributed by atoms with van der Waals surface area (Å²) < 4.78 is 0. The second kappa shape index (κ2) is 5.66. The molecular weight excluding hydrogens is 202 g/mol. The van der Waals surface area contributed by atoms with Gasteiger partial charge in [-0.1, -0.05) is 24.1 Å². The van der Waals surface area contributed by atoms with Crippen molar-refractivity contribution in [1.29, 1.82) is 0 Å². The fourth-order valence-electron chi connectivity index (χ4n) is 1.65. The number of carbonyl (C=O) groups is 1. The number of nitrogens with one attached hydrogen (secondary N) is 1. The molecule has 0 bridgehead atoms. The first-order valence-electron chi connectivity index (χ1n) is 5.56. The van der Waals surface area contributed by atoms with Crippen molar-refractivity contribution in [2.75, 3.05) is 6.61 Å². The molecule has 3 heteroatoms. The minimum atomic E-state index is -0.159. The van der Waals surface area contributed by atoms with E-state index in [1.807, 2.05) is 39.0 Å². The maximum absolute atomic E-state index is 11.9. The molecule has 0 spiro atoms. The minimum Gasteiger partial charge on any atom is -0.394 e. The van der Waals surface area contributed by atoms with Gasteiger partial charge in [0.05, 0.1) is 12.6 Å². The highest BCUT2D eigenvalue weighted by Gasteiger charge is 2.11. The van der Waals surface area contributed by atoms with Gasteiger partial charge in [-0.05, 0) is 32.4 Å². The lowest BCUT2D eigenvalue weighted by Gasteiger charge is -2.14. The van der Waals surface area contributed by atoms with Crippen molar-refractivity contribution in [2.45, 2.75) is 33.2 Å². The Bertz CT molecular complexity index is 350. The van der Waals surface area contributed by atoms with Gasteiger partial charge >= 0.3 is 0 Å². The SMILES string of the molecule is CC[C@H](CO)NC(=O)c1cc(C)cc(C)c1. The molecule has 16 heavy (non-hydrogen) atoms. The third kappa shape index (κ3) is 3.35. The van der Waals surface area contributed by atoms with Crippen molar-refractivity contribution in [1.82, 2.24) is 5.32 Å². The largest absolute Gasteiger partial charge is 0.394 e. The van der Waals surface area contributed by atoms with Crippen molar-refractivity contribution >= 4 is 5.91 Å². The first-order chi connectivity index (χ1) is 7.56. The molecular formula is C13H19NO2. The zero-order chi connectivity index (χ0) is 12.1. The number of carbonyl (C=O) groups excluding carboxylic acids is 1. The number of hydrogen-bond donors (Lipinski definition) is 2. The molecule has 0 aliphatic carbocycles. The van der Waals surface area contributed by atoms with E-state index in [-0.39, 0.29) is 18.6 Å². The average molecular weight is 221 g/mol. The molecule has 88 valence electrons. The molecule has 1 atom stereocenters. The van der Waals surface area contributed by atoms with Crippen LogP contribution in [0.15, 0.2) is 18.2 Å². The zero-order valence-electron chi connectivity index (χ0n) is 10.1. The van der Waals surface area contributed by atoms with Crippen LogP contribution in [0.1, 0.15) is 34.8 Å². The predicted molar refractivity (Wildman–Crippen MR) is 64.5 cm³/mol. The van der Waals surface area contributed by atoms with Crippen LogP contribution in [-0.2, 0) is 0 Å². The molecule has 0 fully saturated rings. The Labute approximate surface area is 96.5 Å². The van der Waals surface area contributed by atoms with E-state index < -0.39 is 0 Å². The minimum absolute atomic E-state index is 0.0208. The normalized spacial score (nSPS) is 12.2. The van der Waals surface area contributed by atoms with Crippen LogP contribution in [0.4, 0.5) is 0 Å². The van der Waals surface area contributed by atoms with E-state index in [0.29, 0.717) is 5.56 Å². The summed E-state index contributed by atoms with van der Waals surface area (Å²) in [6.07, 6.45) is 0.729. The lowest BCUT2D eigenvalue weighted by molar-refractivity contribution is 0.0915. The highest BCUT2D eigenvalue weighted by Crippen LogP contribution is 2.09. The molecule has 2 N–H and O–H groups in total. The monoisotopic (exact) mass is 221 g/mol. The second-order valence-electron chi connectivity index (χ2n) is 4.14. The van der Waals surface area contributed by atoms with Gasteiger partial charge in [-0.25, -0.2) is 0 Å². The summed E-state index contributed by atoms with van der Waals surface area (Å²) in [6, 6.07) is 5.58. The molecule has 0 heterocycles. The summed E-state index contributed by atoms with van der Waals surface area (Å²) in [6.45, 7) is 5.84. The Morgan fingerprint density at radius 2 is 1.88 bits per heavy atom. The van der Waals surface area contributed by atoms with Gasteiger partial charge in [0.15, 0.2) is 0 Å². The van der Waals surface area contributed by atoms with Crippen molar-refractivity contribution in [3.05, 3.63) is 34.9 Å². The van der Waals surface area contributed by atoms with Gasteiger partial charge in [0.25, 0.3) is 5.91 Å². The molecule has 0 aromatic heterocycles. The van der Waals surface area contributed by atoms with Crippen LogP contribution in [0.25, 0.3) is 0 Å². The number of benzene rings is 1. The Morgan fingerprint density at radius 3 is 2.31 bits per heavy atom. The van der Waals surface area contributed by atoms with E-state index in [0.717, 1.165) is 17.5 Å². The molecule has 1 aromatic carbocycles. The summed E-state index contributed by atoms with van der Waals surface area (Å²) in [5.41, 5.74) is 2.80. The quantitative estimate of drug-likeness (QED) is 0.814. The van der Waals surface area contributed by atoms with Crippen LogP contribution < -0.4 is 5.32 Å². The Kier molecular flexibility index (Phi) is 4.50.